The van der Waals surface area contributed by atoms with E-state index in [1.807, 2.05) is 30.3 Å². The Morgan fingerprint density at radius 3 is 2.56 bits per heavy atom. The van der Waals surface area contributed by atoms with E-state index in [0.717, 1.165) is 5.56 Å². The van der Waals surface area contributed by atoms with Crippen molar-refractivity contribution in [3.63, 3.8) is 0 Å². The SMILES string of the molecule is CN(Cc1ccccc1)C(=O)C1CC(=O)N(c2ccc(Cl)c(Cl)c2)C1. The Hall–Kier alpha value is -2.04. The van der Waals surface area contributed by atoms with Gasteiger partial charge in [-0.25, -0.2) is 0 Å². The highest BCUT2D eigenvalue weighted by Gasteiger charge is 2.36. The summed E-state index contributed by atoms with van der Waals surface area (Å²) in [5, 5.41) is 0.829. The molecule has 1 heterocycles. The molecular formula is C19H18Cl2N2O2. The second-order valence-corrected chi connectivity index (χ2v) is 7.00. The minimum atomic E-state index is -0.351. The molecule has 3 rings (SSSR count). The first-order valence-electron chi connectivity index (χ1n) is 8.00. The van der Waals surface area contributed by atoms with Crippen LogP contribution in [0.25, 0.3) is 0 Å². The molecule has 4 nitrogen and oxygen atoms in total. The third-order valence-electron chi connectivity index (χ3n) is 4.33. The zero-order chi connectivity index (χ0) is 18.0. The first-order chi connectivity index (χ1) is 12.0. The molecule has 0 spiro atoms. The fraction of sp³-hybridized carbons (Fsp3) is 0.263. The van der Waals surface area contributed by atoms with E-state index in [0.29, 0.717) is 28.8 Å². The van der Waals surface area contributed by atoms with Crippen molar-refractivity contribution in [3.8, 4) is 0 Å². The van der Waals surface area contributed by atoms with Crippen LogP contribution in [0.3, 0.4) is 0 Å². The lowest BCUT2D eigenvalue weighted by atomic mass is 10.1. The van der Waals surface area contributed by atoms with E-state index >= 15 is 0 Å². The Kier molecular flexibility index (Phi) is 5.30. The molecule has 130 valence electrons. The lowest BCUT2D eigenvalue weighted by molar-refractivity contribution is -0.135. The van der Waals surface area contributed by atoms with Crippen molar-refractivity contribution in [2.45, 2.75) is 13.0 Å². The average molecular weight is 377 g/mol. The first-order valence-corrected chi connectivity index (χ1v) is 8.75. The van der Waals surface area contributed by atoms with Gasteiger partial charge in [0.1, 0.15) is 0 Å². The number of nitrogens with zero attached hydrogens (tertiary/aromatic N) is 2. The lowest BCUT2D eigenvalue weighted by Crippen LogP contribution is -2.34. The second-order valence-electron chi connectivity index (χ2n) is 6.18. The van der Waals surface area contributed by atoms with Gasteiger partial charge in [0.15, 0.2) is 0 Å². The minimum Gasteiger partial charge on any atom is -0.341 e. The van der Waals surface area contributed by atoms with Crippen molar-refractivity contribution in [1.82, 2.24) is 4.90 Å². The monoisotopic (exact) mass is 376 g/mol. The lowest BCUT2D eigenvalue weighted by Gasteiger charge is -2.21. The quantitative estimate of drug-likeness (QED) is 0.808. The van der Waals surface area contributed by atoms with Crippen LogP contribution in [0.15, 0.2) is 48.5 Å². The summed E-state index contributed by atoms with van der Waals surface area (Å²) in [5.74, 6) is -0.458. The summed E-state index contributed by atoms with van der Waals surface area (Å²) >= 11 is 12.0. The van der Waals surface area contributed by atoms with Crippen LogP contribution < -0.4 is 4.90 Å². The number of amides is 2. The average Bonchev–Trinajstić information content (AvgIpc) is 2.99. The molecule has 25 heavy (non-hydrogen) atoms. The molecule has 0 radical (unpaired) electrons. The zero-order valence-corrected chi connectivity index (χ0v) is 15.3. The van der Waals surface area contributed by atoms with Gasteiger partial charge in [-0.05, 0) is 23.8 Å². The normalized spacial score (nSPS) is 17.0. The molecule has 1 atom stereocenters. The Morgan fingerprint density at radius 1 is 1.16 bits per heavy atom. The molecule has 2 aromatic rings. The summed E-state index contributed by atoms with van der Waals surface area (Å²) in [5.41, 5.74) is 1.73. The number of hydrogen-bond acceptors (Lipinski definition) is 2. The van der Waals surface area contributed by atoms with E-state index in [9.17, 15) is 9.59 Å². The van der Waals surface area contributed by atoms with Crippen molar-refractivity contribution in [3.05, 3.63) is 64.1 Å². The Balaban J connectivity index is 1.69. The number of halogens is 2. The Bertz CT molecular complexity index is 795. The Labute approximate surface area is 156 Å². The maximum atomic E-state index is 12.7. The smallest absolute Gasteiger partial charge is 0.228 e. The summed E-state index contributed by atoms with van der Waals surface area (Å²) in [4.78, 5) is 28.3. The van der Waals surface area contributed by atoms with E-state index in [4.69, 9.17) is 23.2 Å². The van der Waals surface area contributed by atoms with Gasteiger partial charge in [0, 0.05) is 32.2 Å². The summed E-state index contributed by atoms with van der Waals surface area (Å²) in [6, 6.07) is 14.8. The van der Waals surface area contributed by atoms with Crippen molar-refractivity contribution in [2.75, 3.05) is 18.5 Å². The topological polar surface area (TPSA) is 40.6 Å². The molecule has 2 amide bonds. The standard InChI is InChI=1S/C19H18Cl2N2O2/c1-22(11-13-5-3-2-4-6-13)19(25)14-9-18(24)23(12-14)15-7-8-16(20)17(21)10-15/h2-8,10,14H,9,11-12H2,1H3. The number of carbonyl (C=O) groups excluding carboxylic acids is 2. The summed E-state index contributed by atoms with van der Waals surface area (Å²) in [6.45, 7) is 0.881. The van der Waals surface area contributed by atoms with Gasteiger partial charge in [0.05, 0.1) is 16.0 Å². The molecule has 0 bridgehead atoms. The van der Waals surface area contributed by atoms with Crippen LogP contribution in [0.4, 0.5) is 5.69 Å². The molecule has 1 saturated heterocycles. The van der Waals surface area contributed by atoms with E-state index in [1.165, 1.54) is 0 Å². The third kappa shape index (κ3) is 3.97. The van der Waals surface area contributed by atoms with Crippen molar-refractivity contribution in [2.24, 2.45) is 5.92 Å². The Morgan fingerprint density at radius 2 is 1.88 bits per heavy atom. The summed E-state index contributed by atoms with van der Waals surface area (Å²) in [7, 11) is 1.77. The van der Waals surface area contributed by atoms with Crippen LogP contribution in [0.5, 0.6) is 0 Å². The van der Waals surface area contributed by atoms with Gasteiger partial charge in [0.2, 0.25) is 11.8 Å². The number of carbonyl (C=O) groups is 2. The third-order valence-corrected chi connectivity index (χ3v) is 5.07. The van der Waals surface area contributed by atoms with Crippen molar-refractivity contribution >= 4 is 40.7 Å². The maximum absolute atomic E-state index is 12.7. The number of hydrogen-bond donors (Lipinski definition) is 0. The number of anilines is 1. The minimum absolute atomic E-state index is 0.0280. The molecule has 6 heteroatoms. The highest BCUT2D eigenvalue weighted by molar-refractivity contribution is 6.42. The van der Waals surface area contributed by atoms with Crippen LogP contribution in [-0.4, -0.2) is 30.3 Å². The molecule has 0 aliphatic carbocycles. The van der Waals surface area contributed by atoms with E-state index < -0.39 is 0 Å². The fourth-order valence-electron chi connectivity index (χ4n) is 3.02. The van der Waals surface area contributed by atoms with Crippen LogP contribution in [0.2, 0.25) is 10.0 Å². The fourth-order valence-corrected chi connectivity index (χ4v) is 3.31. The number of benzene rings is 2. The molecule has 0 N–H and O–H groups in total. The molecule has 1 fully saturated rings. The van der Waals surface area contributed by atoms with Crippen LogP contribution >= 0.6 is 23.2 Å². The highest BCUT2D eigenvalue weighted by atomic mass is 35.5. The zero-order valence-electron chi connectivity index (χ0n) is 13.8. The van der Waals surface area contributed by atoms with Gasteiger partial charge in [-0.15, -0.1) is 0 Å². The van der Waals surface area contributed by atoms with E-state index in [2.05, 4.69) is 0 Å². The van der Waals surface area contributed by atoms with Gasteiger partial charge in [-0.3, -0.25) is 9.59 Å². The molecule has 1 aliphatic heterocycles. The van der Waals surface area contributed by atoms with Gasteiger partial charge in [0.25, 0.3) is 0 Å². The second kappa shape index (κ2) is 7.46. The van der Waals surface area contributed by atoms with Gasteiger partial charge < -0.3 is 9.80 Å². The van der Waals surface area contributed by atoms with Crippen molar-refractivity contribution < 1.29 is 9.59 Å². The summed E-state index contributed by atoms with van der Waals surface area (Å²) < 4.78 is 0. The highest BCUT2D eigenvalue weighted by Crippen LogP contribution is 2.31. The van der Waals surface area contributed by atoms with Gasteiger partial charge >= 0.3 is 0 Å². The van der Waals surface area contributed by atoms with Crippen molar-refractivity contribution in [1.29, 1.82) is 0 Å². The molecule has 0 aromatic heterocycles. The molecule has 2 aromatic carbocycles. The van der Waals surface area contributed by atoms with Crippen LogP contribution in [-0.2, 0) is 16.1 Å². The molecule has 0 saturated carbocycles. The maximum Gasteiger partial charge on any atom is 0.228 e. The molecule has 1 unspecified atom stereocenters. The van der Waals surface area contributed by atoms with E-state index in [-0.39, 0.29) is 24.2 Å². The van der Waals surface area contributed by atoms with Crippen LogP contribution in [0, 0.1) is 5.92 Å². The van der Waals surface area contributed by atoms with Gasteiger partial charge in [-0.1, -0.05) is 53.5 Å². The van der Waals surface area contributed by atoms with Crippen LogP contribution in [0.1, 0.15) is 12.0 Å². The van der Waals surface area contributed by atoms with E-state index in [1.54, 1.807) is 35.0 Å². The summed E-state index contributed by atoms with van der Waals surface area (Å²) in [6.07, 6.45) is 0.207. The predicted octanol–water partition coefficient (Wildman–Crippen LogP) is 4.00. The molecular weight excluding hydrogens is 359 g/mol. The number of rotatable bonds is 4. The molecule has 1 aliphatic rings. The predicted molar refractivity (Wildman–Crippen MR) is 99.8 cm³/mol. The van der Waals surface area contributed by atoms with Gasteiger partial charge in [-0.2, -0.15) is 0 Å². The largest absolute Gasteiger partial charge is 0.341 e. The first kappa shape index (κ1) is 17.8.